The first-order chi connectivity index (χ1) is 8.58. The number of nitrogens with two attached hydrogens (primary N) is 2. The molecule has 0 aromatic carbocycles. The first-order valence-corrected chi connectivity index (χ1v) is 5.09. The van der Waals surface area contributed by atoms with Gasteiger partial charge < -0.3 is 21.4 Å². The van der Waals surface area contributed by atoms with Gasteiger partial charge in [0.1, 0.15) is 5.52 Å². The molecule has 5 N–H and O–H groups in total. The van der Waals surface area contributed by atoms with E-state index in [0.29, 0.717) is 24.3 Å². The van der Waals surface area contributed by atoms with Crippen LogP contribution in [0.2, 0.25) is 0 Å². The average molecular weight is 249 g/mol. The Kier molecular flexibility index (Phi) is 3.04. The van der Waals surface area contributed by atoms with Crippen LogP contribution in [0.4, 0.5) is 4.79 Å². The Balaban J connectivity index is 2.25. The van der Waals surface area contributed by atoms with Crippen LogP contribution in [0.15, 0.2) is 12.5 Å². The normalized spacial score (nSPS) is 10.4. The number of carbonyl (C=O) groups excluding carboxylic acids is 2. The summed E-state index contributed by atoms with van der Waals surface area (Å²) in [6.07, 6.45) is 2.95. The fourth-order valence-corrected chi connectivity index (χ4v) is 1.44. The van der Waals surface area contributed by atoms with Crippen LogP contribution < -0.4 is 16.8 Å². The third kappa shape index (κ3) is 2.34. The molecule has 3 amide bonds. The number of nitrogens with one attached hydrogen (secondary N) is 1. The Morgan fingerprint density at radius 1 is 1.33 bits per heavy atom. The highest BCUT2D eigenvalue weighted by molar-refractivity contribution is 5.90. The Labute approximate surface area is 101 Å². The van der Waals surface area contributed by atoms with Crippen molar-refractivity contribution >= 4 is 23.1 Å². The highest BCUT2D eigenvalue weighted by Crippen LogP contribution is 2.08. The summed E-state index contributed by atoms with van der Waals surface area (Å²) in [5.74, 6) is -0.785. The number of hydrogen-bond donors (Lipinski definition) is 3. The summed E-state index contributed by atoms with van der Waals surface area (Å²) >= 11 is 0. The molecule has 0 aliphatic rings. The Morgan fingerprint density at radius 2 is 2.11 bits per heavy atom. The molecule has 2 rings (SSSR count). The van der Waals surface area contributed by atoms with Crippen LogP contribution in [0.25, 0.3) is 11.2 Å². The summed E-state index contributed by atoms with van der Waals surface area (Å²) < 4.78 is 1.67. The number of imidazole rings is 1. The summed E-state index contributed by atoms with van der Waals surface area (Å²) in [4.78, 5) is 33.3. The molecule has 0 atom stereocenters. The zero-order valence-electron chi connectivity index (χ0n) is 9.33. The molecule has 2 aromatic rings. The maximum absolute atomic E-state index is 11.0. The van der Waals surface area contributed by atoms with Crippen molar-refractivity contribution < 1.29 is 9.59 Å². The number of hydrogen-bond acceptors (Lipinski definition) is 5. The number of urea groups is 1. The van der Waals surface area contributed by atoms with E-state index in [1.807, 2.05) is 0 Å². The van der Waals surface area contributed by atoms with E-state index >= 15 is 0 Å². The molecule has 9 heteroatoms. The first-order valence-electron chi connectivity index (χ1n) is 5.09. The van der Waals surface area contributed by atoms with Crippen LogP contribution >= 0.6 is 0 Å². The van der Waals surface area contributed by atoms with E-state index in [2.05, 4.69) is 20.3 Å². The number of primary amides is 2. The fraction of sp³-hybridized carbons (Fsp3) is 0.222. The average Bonchev–Trinajstić information content (AvgIpc) is 2.71. The van der Waals surface area contributed by atoms with Gasteiger partial charge in [0.05, 0.1) is 12.5 Å². The number of fused-ring (bicyclic) bond motifs is 1. The molecule has 94 valence electrons. The number of aromatic nitrogens is 4. The number of nitrogens with zero attached hydrogens (tertiary/aromatic N) is 4. The minimum atomic E-state index is -0.708. The van der Waals surface area contributed by atoms with Gasteiger partial charge >= 0.3 is 6.03 Å². The molecule has 0 aliphatic carbocycles. The van der Waals surface area contributed by atoms with Gasteiger partial charge in [0, 0.05) is 13.1 Å². The number of amides is 3. The minimum absolute atomic E-state index is 0.0767. The van der Waals surface area contributed by atoms with E-state index in [1.165, 1.54) is 12.5 Å². The van der Waals surface area contributed by atoms with E-state index in [4.69, 9.17) is 11.5 Å². The molecule has 9 nitrogen and oxygen atoms in total. The number of carbonyl (C=O) groups is 2. The second-order valence-electron chi connectivity index (χ2n) is 3.50. The van der Waals surface area contributed by atoms with Crippen molar-refractivity contribution in [1.29, 1.82) is 0 Å². The lowest BCUT2D eigenvalue weighted by molar-refractivity contribution is 0.0990. The van der Waals surface area contributed by atoms with Crippen LogP contribution in [-0.2, 0) is 6.54 Å². The number of rotatable bonds is 4. The molecule has 0 aliphatic heterocycles. The second-order valence-corrected chi connectivity index (χ2v) is 3.50. The van der Waals surface area contributed by atoms with E-state index in [0.717, 1.165) is 0 Å². The van der Waals surface area contributed by atoms with Crippen LogP contribution in [0.5, 0.6) is 0 Å². The predicted molar refractivity (Wildman–Crippen MR) is 61.4 cm³/mol. The first kappa shape index (κ1) is 11.8. The van der Waals surface area contributed by atoms with Crippen LogP contribution in [0, 0.1) is 0 Å². The monoisotopic (exact) mass is 249 g/mol. The van der Waals surface area contributed by atoms with Gasteiger partial charge in [0.2, 0.25) is 5.82 Å². The molecular formula is C9H11N7O2. The second kappa shape index (κ2) is 4.65. The molecular weight excluding hydrogens is 238 g/mol. The van der Waals surface area contributed by atoms with E-state index < -0.39 is 11.9 Å². The molecule has 0 saturated carbocycles. The van der Waals surface area contributed by atoms with E-state index in [1.54, 1.807) is 4.57 Å². The summed E-state index contributed by atoms with van der Waals surface area (Å²) in [7, 11) is 0. The fourth-order valence-electron chi connectivity index (χ4n) is 1.44. The third-order valence-electron chi connectivity index (χ3n) is 2.23. The quantitative estimate of drug-likeness (QED) is 0.610. The topological polar surface area (TPSA) is 142 Å². The van der Waals surface area contributed by atoms with Gasteiger partial charge in [-0.2, -0.15) is 0 Å². The molecule has 0 radical (unpaired) electrons. The van der Waals surface area contributed by atoms with Gasteiger partial charge in [-0.3, -0.25) is 4.79 Å². The van der Waals surface area contributed by atoms with Gasteiger partial charge in [-0.25, -0.2) is 19.7 Å². The Hall–Kier alpha value is -2.71. The Morgan fingerprint density at radius 3 is 2.78 bits per heavy atom. The lowest BCUT2D eigenvalue weighted by Gasteiger charge is -2.04. The SMILES string of the molecule is NC(=O)NCCn1cnc2cnc(C(N)=O)nc21. The van der Waals surface area contributed by atoms with Gasteiger partial charge in [-0.05, 0) is 0 Å². The predicted octanol–water partition coefficient (Wildman–Crippen LogP) is -1.41. The van der Waals surface area contributed by atoms with Crippen LogP contribution in [0.3, 0.4) is 0 Å². The molecule has 0 unspecified atom stereocenters. The van der Waals surface area contributed by atoms with Crippen molar-refractivity contribution in [3.05, 3.63) is 18.3 Å². The molecule has 0 saturated heterocycles. The molecule has 0 spiro atoms. The lowest BCUT2D eigenvalue weighted by Crippen LogP contribution is -2.32. The van der Waals surface area contributed by atoms with Crippen molar-refractivity contribution in [2.75, 3.05) is 6.54 Å². The van der Waals surface area contributed by atoms with Crippen molar-refractivity contribution in [3.8, 4) is 0 Å². The van der Waals surface area contributed by atoms with Crippen molar-refractivity contribution in [2.24, 2.45) is 11.5 Å². The maximum atomic E-state index is 11.0. The van der Waals surface area contributed by atoms with Crippen molar-refractivity contribution in [2.45, 2.75) is 6.54 Å². The highest BCUT2D eigenvalue weighted by atomic mass is 16.2. The van der Waals surface area contributed by atoms with Crippen molar-refractivity contribution in [1.82, 2.24) is 24.8 Å². The largest absolute Gasteiger partial charge is 0.363 e. The molecule has 0 bridgehead atoms. The molecule has 2 heterocycles. The lowest BCUT2D eigenvalue weighted by atomic mass is 10.5. The molecule has 0 fully saturated rings. The third-order valence-corrected chi connectivity index (χ3v) is 2.23. The summed E-state index contributed by atoms with van der Waals surface area (Å²) in [5.41, 5.74) is 11.1. The summed E-state index contributed by atoms with van der Waals surface area (Å²) in [6, 6.07) is -0.605. The zero-order chi connectivity index (χ0) is 13.1. The summed E-state index contributed by atoms with van der Waals surface area (Å²) in [6.45, 7) is 0.755. The van der Waals surface area contributed by atoms with Crippen molar-refractivity contribution in [3.63, 3.8) is 0 Å². The summed E-state index contributed by atoms with van der Waals surface area (Å²) in [5, 5.41) is 2.44. The van der Waals surface area contributed by atoms with Gasteiger partial charge in [-0.15, -0.1) is 0 Å². The van der Waals surface area contributed by atoms with E-state index in [9.17, 15) is 9.59 Å². The molecule has 2 aromatic heterocycles. The van der Waals surface area contributed by atoms with Gasteiger partial charge in [0.25, 0.3) is 5.91 Å². The highest BCUT2D eigenvalue weighted by Gasteiger charge is 2.09. The Bertz CT molecular complexity index is 606. The van der Waals surface area contributed by atoms with E-state index in [-0.39, 0.29) is 5.82 Å². The van der Waals surface area contributed by atoms with Gasteiger partial charge in [-0.1, -0.05) is 0 Å². The van der Waals surface area contributed by atoms with Gasteiger partial charge in [0.15, 0.2) is 5.65 Å². The molecule has 18 heavy (non-hydrogen) atoms. The standard InChI is InChI=1S/C9H11N7O2/c10-6(17)7-13-3-5-8(15-7)16(4-14-5)2-1-12-9(11)18/h3-4H,1-2H2,(H2,10,17)(H3,11,12,18). The minimum Gasteiger partial charge on any atom is -0.363 e. The maximum Gasteiger partial charge on any atom is 0.312 e. The zero-order valence-corrected chi connectivity index (χ0v) is 9.33. The van der Waals surface area contributed by atoms with Crippen LogP contribution in [-0.4, -0.2) is 38.0 Å². The smallest absolute Gasteiger partial charge is 0.312 e. The van der Waals surface area contributed by atoms with Crippen LogP contribution in [0.1, 0.15) is 10.6 Å².